The minimum absolute atomic E-state index is 0.191. The molecule has 1 amide bonds. The van der Waals surface area contributed by atoms with Crippen molar-refractivity contribution in [3.63, 3.8) is 0 Å². The molecule has 0 atom stereocenters. The summed E-state index contributed by atoms with van der Waals surface area (Å²) >= 11 is 0. The van der Waals surface area contributed by atoms with Gasteiger partial charge in [0.2, 0.25) is 0 Å². The van der Waals surface area contributed by atoms with Crippen LogP contribution in [0.4, 0.5) is 0 Å². The quantitative estimate of drug-likeness (QED) is 0.568. The lowest BCUT2D eigenvalue weighted by Crippen LogP contribution is -2.41. The number of hydrogen-bond donors (Lipinski definition) is 0. The summed E-state index contributed by atoms with van der Waals surface area (Å²) in [5.41, 5.74) is 2.54. The van der Waals surface area contributed by atoms with Crippen LogP contribution in [0.2, 0.25) is 0 Å². The third-order valence-corrected chi connectivity index (χ3v) is 6.16. The van der Waals surface area contributed by atoms with Gasteiger partial charge in [-0.3, -0.25) is 4.79 Å². The van der Waals surface area contributed by atoms with Crippen LogP contribution in [0.15, 0.2) is 40.9 Å². The van der Waals surface area contributed by atoms with E-state index in [1.807, 2.05) is 30.3 Å². The molecule has 0 radical (unpaired) electrons. The van der Waals surface area contributed by atoms with E-state index in [0.717, 1.165) is 31.2 Å². The highest BCUT2D eigenvalue weighted by molar-refractivity contribution is 6.04. The molecule has 0 spiro atoms. The SMILES string of the molecule is Cc1noc2nc(-c3ccccc3)cc(C(=O)OCC(=O)N(C)C3CCC(C)CC3)c12. The number of benzene rings is 1. The van der Waals surface area contributed by atoms with Gasteiger partial charge in [0, 0.05) is 18.7 Å². The van der Waals surface area contributed by atoms with Gasteiger partial charge in [0.05, 0.1) is 22.3 Å². The Bertz CT molecular complexity index is 1080. The molecular weight excluding hydrogens is 394 g/mol. The molecule has 1 fully saturated rings. The zero-order chi connectivity index (χ0) is 22.0. The highest BCUT2D eigenvalue weighted by Gasteiger charge is 2.26. The van der Waals surface area contributed by atoms with Crippen LogP contribution >= 0.6 is 0 Å². The Morgan fingerprint density at radius 1 is 1.16 bits per heavy atom. The average Bonchev–Trinajstić information content (AvgIpc) is 3.18. The summed E-state index contributed by atoms with van der Waals surface area (Å²) in [6, 6.07) is 11.4. The lowest BCUT2D eigenvalue weighted by Gasteiger charge is -2.33. The van der Waals surface area contributed by atoms with E-state index >= 15 is 0 Å². The normalized spacial score (nSPS) is 18.7. The Kier molecular flexibility index (Phi) is 6.02. The van der Waals surface area contributed by atoms with Crippen molar-refractivity contribution in [3.05, 3.63) is 47.7 Å². The van der Waals surface area contributed by atoms with Gasteiger partial charge in [-0.25, -0.2) is 9.78 Å². The lowest BCUT2D eigenvalue weighted by atomic mass is 9.87. The minimum Gasteiger partial charge on any atom is -0.452 e. The molecule has 2 aromatic heterocycles. The molecule has 2 heterocycles. The molecule has 1 aromatic carbocycles. The Morgan fingerprint density at radius 2 is 1.87 bits per heavy atom. The maximum atomic E-state index is 12.9. The van der Waals surface area contributed by atoms with E-state index in [-0.39, 0.29) is 24.3 Å². The van der Waals surface area contributed by atoms with Crippen molar-refractivity contribution in [1.29, 1.82) is 0 Å². The molecule has 0 N–H and O–H groups in total. The maximum Gasteiger partial charge on any atom is 0.339 e. The molecule has 1 aliphatic carbocycles. The number of rotatable bonds is 5. The number of amides is 1. The number of hydrogen-bond acceptors (Lipinski definition) is 6. The summed E-state index contributed by atoms with van der Waals surface area (Å²) in [4.78, 5) is 31.8. The molecule has 3 aromatic rings. The maximum absolute atomic E-state index is 12.9. The van der Waals surface area contributed by atoms with Crippen LogP contribution in [0.25, 0.3) is 22.4 Å². The minimum atomic E-state index is -0.588. The molecule has 7 heteroatoms. The first kappa shape index (κ1) is 21.0. The summed E-state index contributed by atoms with van der Waals surface area (Å²) in [6.07, 6.45) is 4.21. The number of likely N-dealkylation sites (N-methyl/N-ethyl adjacent to an activating group) is 1. The second-order valence-corrected chi connectivity index (χ2v) is 8.36. The van der Waals surface area contributed by atoms with Crippen molar-refractivity contribution < 1.29 is 18.8 Å². The van der Waals surface area contributed by atoms with Gasteiger partial charge in [0.25, 0.3) is 11.6 Å². The topological polar surface area (TPSA) is 85.5 Å². The number of ether oxygens (including phenoxy) is 1. The number of aromatic nitrogens is 2. The van der Waals surface area contributed by atoms with E-state index in [4.69, 9.17) is 9.26 Å². The highest BCUT2D eigenvalue weighted by atomic mass is 16.5. The van der Waals surface area contributed by atoms with Crippen molar-refractivity contribution in [2.75, 3.05) is 13.7 Å². The first-order chi connectivity index (χ1) is 14.9. The fourth-order valence-corrected chi connectivity index (χ4v) is 4.15. The van der Waals surface area contributed by atoms with Crippen LogP contribution in [0, 0.1) is 12.8 Å². The molecule has 0 unspecified atom stereocenters. The Hall–Kier alpha value is -3.22. The zero-order valence-corrected chi connectivity index (χ0v) is 18.1. The second-order valence-electron chi connectivity index (χ2n) is 8.36. The summed E-state index contributed by atoms with van der Waals surface area (Å²) in [6.45, 7) is 3.69. The molecule has 1 saturated carbocycles. The first-order valence-corrected chi connectivity index (χ1v) is 10.7. The Labute approximate surface area is 181 Å². The molecule has 4 rings (SSSR count). The van der Waals surface area contributed by atoms with E-state index in [9.17, 15) is 9.59 Å². The zero-order valence-electron chi connectivity index (χ0n) is 18.1. The van der Waals surface area contributed by atoms with Gasteiger partial charge in [0.1, 0.15) is 0 Å². The third-order valence-electron chi connectivity index (χ3n) is 6.16. The predicted molar refractivity (Wildman–Crippen MR) is 116 cm³/mol. The molecule has 162 valence electrons. The summed E-state index contributed by atoms with van der Waals surface area (Å²) in [5, 5.41) is 4.45. The number of pyridine rings is 1. The van der Waals surface area contributed by atoms with E-state index in [0.29, 0.717) is 28.3 Å². The van der Waals surface area contributed by atoms with Crippen molar-refractivity contribution in [1.82, 2.24) is 15.0 Å². The molecule has 0 saturated heterocycles. The van der Waals surface area contributed by atoms with E-state index in [2.05, 4.69) is 17.1 Å². The van der Waals surface area contributed by atoms with Crippen LogP contribution in [0.1, 0.15) is 48.7 Å². The van der Waals surface area contributed by atoms with Crippen molar-refractivity contribution >= 4 is 23.0 Å². The summed E-state index contributed by atoms with van der Waals surface area (Å²) in [5.74, 6) is -0.0734. The number of carbonyl (C=O) groups excluding carboxylic acids is 2. The molecule has 31 heavy (non-hydrogen) atoms. The van der Waals surface area contributed by atoms with Crippen molar-refractivity contribution in [2.45, 2.75) is 45.6 Å². The number of aryl methyl sites for hydroxylation is 1. The van der Waals surface area contributed by atoms with E-state index < -0.39 is 5.97 Å². The van der Waals surface area contributed by atoms with E-state index in [1.165, 1.54) is 0 Å². The van der Waals surface area contributed by atoms with Gasteiger partial charge in [0.15, 0.2) is 6.61 Å². The average molecular weight is 421 g/mol. The number of nitrogens with zero attached hydrogens (tertiary/aromatic N) is 3. The Morgan fingerprint density at radius 3 is 2.58 bits per heavy atom. The highest BCUT2D eigenvalue weighted by Crippen LogP contribution is 2.28. The lowest BCUT2D eigenvalue weighted by molar-refractivity contribution is -0.136. The number of fused-ring (bicyclic) bond motifs is 1. The van der Waals surface area contributed by atoms with Crippen LogP contribution in [-0.2, 0) is 9.53 Å². The van der Waals surface area contributed by atoms with Gasteiger partial charge in [-0.05, 0) is 44.6 Å². The van der Waals surface area contributed by atoms with Crippen LogP contribution < -0.4 is 0 Å². The standard InChI is InChI=1S/C24H27N3O4/c1-15-9-11-18(12-10-15)27(3)21(28)14-30-24(29)19-13-20(17-7-5-4-6-8-17)25-23-22(19)16(2)26-31-23/h4-8,13,15,18H,9-12,14H2,1-3H3. The number of carbonyl (C=O) groups is 2. The smallest absolute Gasteiger partial charge is 0.339 e. The number of esters is 1. The molecular formula is C24H27N3O4. The molecule has 0 aliphatic heterocycles. The second kappa shape index (κ2) is 8.88. The monoisotopic (exact) mass is 421 g/mol. The van der Waals surface area contributed by atoms with E-state index in [1.54, 1.807) is 24.9 Å². The predicted octanol–water partition coefficient (Wildman–Crippen LogP) is 4.39. The van der Waals surface area contributed by atoms with Gasteiger partial charge >= 0.3 is 5.97 Å². The van der Waals surface area contributed by atoms with Gasteiger partial charge in [-0.15, -0.1) is 0 Å². The van der Waals surface area contributed by atoms with Crippen LogP contribution in [-0.4, -0.2) is 46.6 Å². The van der Waals surface area contributed by atoms with Crippen molar-refractivity contribution in [3.8, 4) is 11.3 Å². The third kappa shape index (κ3) is 4.45. The first-order valence-electron chi connectivity index (χ1n) is 10.7. The fourth-order valence-electron chi connectivity index (χ4n) is 4.15. The fraction of sp³-hybridized carbons (Fsp3) is 0.417. The van der Waals surface area contributed by atoms with Crippen molar-refractivity contribution in [2.24, 2.45) is 5.92 Å². The summed E-state index contributed by atoms with van der Waals surface area (Å²) in [7, 11) is 1.79. The summed E-state index contributed by atoms with van der Waals surface area (Å²) < 4.78 is 10.7. The van der Waals surface area contributed by atoms with Gasteiger partial charge < -0.3 is 14.2 Å². The van der Waals surface area contributed by atoms with Gasteiger partial charge in [-0.1, -0.05) is 42.4 Å². The van der Waals surface area contributed by atoms with Gasteiger partial charge in [-0.2, -0.15) is 0 Å². The Balaban J connectivity index is 1.52. The largest absolute Gasteiger partial charge is 0.452 e. The molecule has 1 aliphatic rings. The van der Waals surface area contributed by atoms with Crippen LogP contribution in [0.3, 0.4) is 0 Å². The van der Waals surface area contributed by atoms with Crippen LogP contribution in [0.5, 0.6) is 0 Å². The molecule has 0 bridgehead atoms. The molecule has 7 nitrogen and oxygen atoms in total.